The monoisotopic (exact) mass is 340 g/mol. The van der Waals surface area contributed by atoms with Gasteiger partial charge in [-0.05, 0) is 31.0 Å². The van der Waals surface area contributed by atoms with Crippen LogP contribution in [-0.4, -0.2) is 24.0 Å². The molecule has 5 heteroatoms. The first kappa shape index (κ1) is 18.9. The molecule has 0 spiro atoms. The minimum absolute atomic E-state index is 0.0517. The SMILES string of the molecule is CCN(CC)c1ccc(CNC(=O)C(C)C(N)c2ccccc2)cn1. The van der Waals surface area contributed by atoms with Crippen molar-refractivity contribution in [2.75, 3.05) is 18.0 Å². The summed E-state index contributed by atoms with van der Waals surface area (Å²) in [5.41, 5.74) is 8.16. The Bertz CT molecular complexity index is 653. The van der Waals surface area contributed by atoms with Crippen molar-refractivity contribution in [3.63, 3.8) is 0 Å². The number of hydrogen-bond acceptors (Lipinski definition) is 4. The van der Waals surface area contributed by atoms with Crippen LogP contribution in [0.1, 0.15) is 37.9 Å². The van der Waals surface area contributed by atoms with E-state index in [-0.39, 0.29) is 17.9 Å². The van der Waals surface area contributed by atoms with Gasteiger partial charge < -0.3 is 16.0 Å². The molecular formula is C20H28N4O. The maximum atomic E-state index is 12.4. The maximum Gasteiger partial charge on any atom is 0.225 e. The second kappa shape index (κ2) is 9.18. The number of benzene rings is 1. The van der Waals surface area contributed by atoms with E-state index in [2.05, 4.69) is 29.0 Å². The molecule has 1 aromatic carbocycles. The Labute approximate surface area is 150 Å². The highest BCUT2D eigenvalue weighted by Crippen LogP contribution is 2.19. The van der Waals surface area contributed by atoms with Gasteiger partial charge in [-0.25, -0.2) is 4.98 Å². The van der Waals surface area contributed by atoms with Gasteiger partial charge >= 0.3 is 0 Å². The Morgan fingerprint density at radius 3 is 2.40 bits per heavy atom. The molecule has 2 atom stereocenters. The lowest BCUT2D eigenvalue weighted by molar-refractivity contribution is -0.125. The molecule has 3 N–H and O–H groups in total. The highest BCUT2D eigenvalue weighted by atomic mass is 16.1. The Kier molecular flexibility index (Phi) is 6.95. The van der Waals surface area contributed by atoms with Crippen molar-refractivity contribution in [3.05, 3.63) is 59.8 Å². The predicted octanol–water partition coefficient (Wildman–Crippen LogP) is 2.88. The van der Waals surface area contributed by atoms with Gasteiger partial charge in [0.2, 0.25) is 5.91 Å². The number of anilines is 1. The normalized spacial score (nSPS) is 13.1. The van der Waals surface area contributed by atoms with Gasteiger partial charge in [0.05, 0.1) is 5.92 Å². The summed E-state index contributed by atoms with van der Waals surface area (Å²) in [6.07, 6.45) is 1.82. The van der Waals surface area contributed by atoms with Crippen molar-refractivity contribution in [1.29, 1.82) is 0 Å². The summed E-state index contributed by atoms with van der Waals surface area (Å²) in [5, 5.41) is 2.95. The summed E-state index contributed by atoms with van der Waals surface area (Å²) >= 11 is 0. The zero-order valence-corrected chi connectivity index (χ0v) is 15.3. The van der Waals surface area contributed by atoms with Gasteiger partial charge in [0, 0.05) is 31.9 Å². The number of carbonyl (C=O) groups excluding carboxylic acids is 1. The van der Waals surface area contributed by atoms with Gasteiger partial charge in [0.25, 0.3) is 0 Å². The molecule has 0 bridgehead atoms. The van der Waals surface area contributed by atoms with E-state index in [1.807, 2.05) is 55.6 Å². The molecule has 25 heavy (non-hydrogen) atoms. The van der Waals surface area contributed by atoms with Gasteiger partial charge in [-0.15, -0.1) is 0 Å². The van der Waals surface area contributed by atoms with E-state index in [9.17, 15) is 4.79 Å². The van der Waals surface area contributed by atoms with E-state index in [0.717, 1.165) is 30.0 Å². The van der Waals surface area contributed by atoms with E-state index in [4.69, 9.17) is 5.73 Å². The zero-order valence-electron chi connectivity index (χ0n) is 15.3. The van der Waals surface area contributed by atoms with Crippen LogP contribution in [0, 0.1) is 5.92 Å². The van der Waals surface area contributed by atoms with E-state index in [1.165, 1.54) is 0 Å². The summed E-state index contributed by atoms with van der Waals surface area (Å²) in [7, 11) is 0. The van der Waals surface area contributed by atoms with Crippen molar-refractivity contribution in [1.82, 2.24) is 10.3 Å². The van der Waals surface area contributed by atoms with Gasteiger partial charge in [-0.2, -0.15) is 0 Å². The maximum absolute atomic E-state index is 12.4. The average molecular weight is 340 g/mol. The van der Waals surface area contributed by atoms with Gasteiger partial charge in [-0.1, -0.05) is 43.3 Å². The fourth-order valence-electron chi connectivity index (χ4n) is 2.73. The fraction of sp³-hybridized carbons (Fsp3) is 0.400. The molecule has 0 aliphatic carbocycles. The van der Waals surface area contributed by atoms with Crippen LogP contribution in [0.5, 0.6) is 0 Å². The molecule has 0 radical (unpaired) electrons. The largest absolute Gasteiger partial charge is 0.357 e. The van der Waals surface area contributed by atoms with Crippen LogP contribution in [0.2, 0.25) is 0 Å². The Morgan fingerprint density at radius 2 is 1.84 bits per heavy atom. The Morgan fingerprint density at radius 1 is 1.16 bits per heavy atom. The number of pyridine rings is 1. The highest BCUT2D eigenvalue weighted by Gasteiger charge is 2.21. The van der Waals surface area contributed by atoms with Gasteiger partial charge in [0.15, 0.2) is 0 Å². The van der Waals surface area contributed by atoms with Crippen molar-refractivity contribution in [2.45, 2.75) is 33.4 Å². The summed E-state index contributed by atoms with van der Waals surface area (Å²) in [6.45, 7) is 8.38. The molecule has 134 valence electrons. The predicted molar refractivity (Wildman–Crippen MR) is 102 cm³/mol. The number of amides is 1. The highest BCUT2D eigenvalue weighted by molar-refractivity contribution is 5.79. The third-order valence-electron chi connectivity index (χ3n) is 4.50. The first-order chi connectivity index (χ1) is 12.1. The summed E-state index contributed by atoms with van der Waals surface area (Å²) < 4.78 is 0. The van der Waals surface area contributed by atoms with Crippen LogP contribution in [0.4, 0.5) is 5.82 Å². The van der Waals surface area contributed by atoms with Crippen LogP contribution in [0.3, 0.4) is 0 Å². The summed E-state index contributed by atoms with van der Waals surface area (Å²) in [6, 6.07) is 13.4. The molecule has 1 heterocycles. The topological polar surface area (TPSA) is 71.2 Å². The number of hydrogen-bond donors (Lipinski definition) is 2. The average Bonchev–Trinajstić information content (AvgIpc) is 2.67. The minimum Gasteiger partial charge on any atom is -0.357 e. The standard InChI is InChI=1S/C20H28N4O/c1-4-24(5-2)18-12-11-16(13-22-18)14-23-20(25)15(3)19(21)17-9-7-6-8-10-17/h6-13,15,19H,4-5,14,21H2,1-3H3,(H,23,25). The smallest absolute Gasteiger partial charge is 0.225 e. The first-order valence-corrected chi connectivity index (χ1v) is 8.84. The molecule has 0 saturated heterocycles. The second-order valence-electron chi connectivity index (χ2n) is 6.14. The van der Waals surface area contributed by atoms with E-state index >= 15 is 0 Å². The van der Waals surface area contributed by atoms with Crippen LogP contribution in [0.25, 0.3) is 0 Å². The number of nitrogens with zero attached hydrogens (tertiary/aromatic N) is 2. The number of nitrogens with one attached hydrogen (secondary N) is 1. The van der Waals surface area contributed by atoms with Gasteiger partial charge in [0.1, 0.15) is 5.82 Å². The molecule has 0 aliphatic rings. The van der Waals surface area contributed by atoms with Crippen molar-refractivity contribution >= 4 is 11.7 Å². The fourth-order valence-corrected chi connectivity index (χ4v) is 2.73. The van der Waals surface area contributed by atoms with Crippen LogP contribution in [0.15, 0.2) is 48.7 Å². The first-order valence-electron chi connectivity index (χ1n) is 8.84. The third-order valence-corrected chi connectivity index (χ3v) is 4.50. The zero-order chi connectivity index (χ0) is 18.2. The summed E-state index contributed by atoms with van der Waals surface area (Å²) in [5.74, 6) is 0.606. The molecule has 1 aromatic heterocycles. The van der Waals surface area contributed by atoms with E-state index in [0.29, 0.717) is 6.54 Å². The molecule has 0 fully saturated rings. The Balaban J connectivity index is 1.91. The van der Waals surface area contributed by atoms with E-state index in [1.54, 1.807) is 0 Å². The molecular weight excluding hydrogens is 312 g/mol. The lowest BCUT2D eigenvalue weighted by Crippen LogP contribution is -2.35. The van der Waals surface area contributed by atoms with E-state index < -0.39 is 0 Å². The lowest BCUT2D eigenvalue weighted by Gasteiger charge is -2.21. The number of rotatable bonds is 8. The van der Waals surface area contributed by atoms with Crippen LogP contribution >= 0.6 is 0 Å². The quantitative estimate of drug-likeness (QED) is 0.775. The lowest BCUT2D eigenvalue weighted by atomic mass is 9.94. The molecule has 1 amide bonds. The molecule has 5 nitrogen and oxygen atoms in total. The van der Waals surface area contributed by atoms with Crippen molar-refractivity contribution in [3.8, 4) is 0 Å². The molecule has 2 unspecified atom stereocenters. The molecule has 0 aliphatic heterocycles. The number of carbonyl (C=O) groups is 1. The van der Waals surface area contributed by atoms with Crippen LogP contribution in [-0.2, 0) is 11.3 Å². The molecule has 2 rings (SSSR count). The van der Waals surface area contributed by atoms with Crippen LogP contribution < -0.4 is 16.0 Å². The number of aromatic nitrogens is 1. The van der Waals surface area contributed by atoms with Crippen molar-refractivity contribution < 1.29 is 4.79 Å². The van der Waals surface area contributed by atoms with Crippen molar-refractivity contribution in [2.24, 2.45) is 11.7 Å². The second-order valence-corrected chi connectivity index (χ2v) is 6.14. The van der Waals surface area contributed by atoms with Gasteiger partial charge in [-0.3, -0.25) is 4.79 Å². The Hall–Kier alpha value is -2.40. The molecule has 0 saturated carbocycles. The third kappa shape index (κ3) is 5.03. The summed E-state index contributed by atoms with van der Waals surface area (Å²) in [4.78, 5) is 19.0. The number of nitrogens with two attached hydrogens (primary N) is 1. The molecule has 2 aromatic rings. The minimum atomic E-state index is -0.315.